The van der Waals surface area contributed by atoms with Crippen LogP contribution in [0, 0.1) is 11.6 Å². The molecule has 2 aromatic carbocycles. The highest BCUT2D eigenvalue weighted by molar-refractivity contribution is 9.10. The van der Waals surface area contributed by atoms with Crippen molar-refractivity contribution in [3.05, 3.63) is 76.6 Å². The summed E-state index contributed by atoms with van der Waals surface area (Å²) >= 11 is 4.50. The van der Waals surface area contributed by atoms with Crippen LogP contribution in [0.5, 0.6) is 0 Å². The number of nitrogens with zero attached hydrogens (tertiary/aromatic N) is 4. The van der Waals surface area contributed by atoms with Crippen molar-refractivity contribution in [3.8, 4) is 22.6 Å². The smallest absolute Gasteiger partial charge is 0.237 e. The van der Waals surface area contributed by atoms with Crippen molar-refractivity contribution in [2.75, 3.05) is 0 Å². The molecule has 2 aromatic heterocycles. The summed E-state index contributed by atoms with van der Waals surface area (Å²) in [5.41, 5.74) is 1.50. The quantitative estimate of drug-likeness (QED) is 0.365. The first kappa shape index (κ1) is 18.7. The van der Waals surface area contributed by atoms with Gasteiger partial charge in [-0.2, -0.15) is 4.98 Å². The minimum absolute atomic E-state index is 0.330. The van der Waals surface area contributed by atoms with E-state index < -0.39 is 0 Å². The molecule has 0 unspecified atom stereocenters. The van der Waals surface area contributed by atoms with E-state index in [0.29, 0.717) is 43.8 Å². The molecule has 0 aliphatic heterocycles. The summed E-state index contributed by atoms with van der Waals surface area (Å²) in [5.74, 6) is 0.462. The third kappa shape index (κ3) is 4.10. The summed E-state index contributed by atoms with van der Waals surface area (Å²) in [7, 11) is 0. The van der Waals surface area contributed by atoms with Gasteiger partial charge in [0.2, 0.25) is 11.7 Å². The van der Waals surface area contributed by atoms with Crippen molar-refractivity contribution in [2.45, 2.75) is 10.8 Å². The van der Waals surface area contributed by atoms with E-state index in [9.17, 15) is 8.78 Å². The van der Waals surface area contributed by atoms with Crippen LogP contribution >= 0.6 is 27.7 Å². The second kappa shape index (κ2) is 8.15. The fraction of sp³-hybridized carbons (Fsp3) is 0.0526. The van der Waals surface area contributed by atoms with Gasteiger partial charge in [-0.3, -0.25) is 0 Å². The van der Waals surface area contributed by atoms with Gasteiger partial charge in [0.15, 0.2) is 0 Å². The Kier molecular flexibility index (Phi) is 5.45. The van der Waals surface area contributed by atoms with Crippen LogP contribution in [0.15, 0.2) is 68.6 Å². The van der Waals surface area contributed by atoms with E-state index in [1.165, 1.54) is 23.9 Å². The van der Waals surface area contributed by atoms with Crippen LogP contribution < -0.4 is 0 Å². The average Bonchev–Trinajstić information content (AvgIpc) is 3.18. The van der Waals surface area contributed by atoms with E-state index in [1.807, 2.05) is 0 Å². The normalized spacial score (nSPS) is 11.0. The van der Waals surface area contributed by atoms with Crippen LogP contribution in [0.4, 0.5) is 8.78 Å². The van der Waals surface area contributed by atoms with Gasteiger partial charge in [0.25, 0.3) is 0 Å². The predicted octanol–water partition coefficient (Wildman–Crippen LogP) is 5.53. The molecule has 9 heteroatoms. The maximum absolute atomic E-state index is 13.8. The van der Waals surface area contributed by atoms with Crippen LogP contribution in [0.3, 0.4) is 0 Å². The van der Waals surface area contributed by atoms with Crippen molar-refractivity contribution in [1.82, 2.24) is 20.3 Å². The molecule has 0 saturated carbocycles. The van der Waals surface area contributed by atoms with Crippen molar-refractivity contribution in [3.63, 3.8) is 0 Å². The largest absolute Gasteiger partial charge is 0.338 e. The van der Waals surface area contributed by atoms with Gasteiger partial charge >= 0.3 is 0 Å². The highest BCUT2D eigenvalue weighted by Crippen LogP contribution is 2.26. The molecule has 4 rings (SSSR count). The second-order valence-corrected chi connectivity index (χ2v) is 7.52. The third-order valence-corrected chi connectivity index (χ3v) is 5.29. The Bertz CT molecular complexity index is 1120. The molecule has 4 aromatic rings. The number of rotatable bonds is 5. The van der Waals surface area contributed by atoms with Crippen LogP contribution in [0.1, 0.15) is 5.89 Å². The van der Waals surface area contributed by atoms with Gasteiger partial charge in [-0.25, -0.2) is 8.78 Å². The molecule has 0 aliphatic carbocycles. The predicted molar refractivity (Wildman–Crippen MR) is 104 cm³/mol. The second-order valence-electron chi connectivity index (χ2n) is 5.67. The monoisotopic (exact) mass is 460 g/mol. The van der Waals surface area contributed by atoms with E-state index in [1.54, 1.807) is 42.5 Å². The lowest BCUT2D eigenvalue weighted by molar-refractivity contribution is 0.391. The summed E-state index contributed by atoms with van der Waals surface area (Å²) in [5, 5.41) is 12.7. The van der Waals surface area contributed by atoms with E-state index >= 15 is 0 Å². The summed E-state index contributed by atoms with van der Waals surface area (Å²) in [4.78, 5) is 4.30. The Morgan fingerprint density at radius 1 is 0.964 bits per heavy atom. The number of thioether (sulfide) groups is 1. The SMILES string of the molecule is Fc1ccc(-c2noc(CSc3ccc(-c4ccccc4F)nn3)n2)cc1Br. The highest BCUT2D eigenvalue weighted by atomic mass is 79.9. The third-order valence-electron chi connectivity index (χ3n) is 3.78. The number of benzene rings is 2. The molecule has 0 saturated heterocycles. The summed E-state index contributed by atoms with van der Waals surface area (Å²) < 4.78 is 32.7. The van der Waals surface area contributed by atoms with Crippen molar-refractivity contribution < 1.29 is 13.3 Å². The molecule has 140 valence electrons. The summed E-state index contributed by atoms with van der Waals surface area (Å²) in [6.45, 7) is 0. The molecular weight excluding hydrogens is 450 g/mol. The van der Waals surface area contributed by atoms with Gasteiger partial charge in [0, 0.05) is 11.1 Å². The molecule has 0 atom stereocenters. The van der Waals surface area contributed by atoms with Gasteiger partial charge < -0.3 is 4.52 Å². The Morgan fingerprint density at radius 3 is 2.57 bits per heavy atom. The molecule has 0 amide bonds. The zero-order chi connectivity index (χ0) is 19.5. The Morgan fingerprint density at radius 2 is 1.82 bits per heavy atom. The van der Waals surface area contributed by atoms with Gasteiger partial charge in [-0.1, -0.05) is 29.1 Å². The van der Waals surface area contributed by atoms with Gasteiger partial charge in [-0.05, 0) is 58.4 Å². The molecule has 2 heterocycles. The molecule has 0 aliphatic rings. The van der Waals surface area contributed by atoms with Gasteiger partial charge in [0.05, 0.1) is 15.9 Å². The topological polar surface area (TPSA) is 64.7 Å². The standard InChI is InChI=1S/C19H11BrF2N4OS/c20-13-9-11(5-6-15(13)22)19-23-17(27-26-19)10-28-18-8-7-16(24-25-18)12-3-1-2-4-14(12)21/h1-9H,10H2. The van der Waals surface area contributed by atoms with Crippen molar-refractivity contribution >= 4 is 27.7 Å². The van der Waals surface area contributed by atoms with Gasteiger partial charge in [-0.15, -0.1) is 10.2 Å². The Hall–Kier alpha value is -2.65. The van der Waals surface area contributed by atoms with E-state index in [-0.39, 0.29) is 11.6 Å². The van der Waals surface area contributed by atoms with E-state index in [0.717, 1.165) is 0 Å². The summed E-state index contributed by atoms with van der Waals surface area (Å²) in [6, 6.07) is 14.4. The molecule has 0 bridgehead atoms. The van der Waals surface area contributed by atoms with Crippen molar-refractivity contribution in [1.29, 1.82) is 0 Å². The first-order valence-corrected chi connectivity index (χ1v) is 9.87. The molecule has 0 radical (unpaired) electrons. The molecule has 0 N–H and O–H groups in total. The Balaban J connectivity index is 1.43. The zero-order valence-corrected chi connectivity index (χ0v) is 16.5. The van der Waals surface area contributed by atoms with Crippen molar-refractivity contribution in [2.24, 2.45) is 0 Å². The van der Waals surface area contributed by atoms with E-state index in [4.69, 9.17) is 4.52 Å². The zero-order valence-electron chi connectivity index (χ0n) is 14.1. The molecule has 5 nitrogen and oxygen atoms in total. The number of halogens is 3. The van der Waals surface area contributed by atoms with Gasteiger partial charge in [0.1, 0.15) is 16.7 Å². The maximum atomic E-state index is 13.8. The van der Waals surface area contributed by atoms with Crippen LogP contribution in [0.25, 0.3) is 22.6 Å². The average molecular weight is 461 g/mol. The minimum atomic E-state index is -0.361. The lowest BCUT2D eigenvalue weighted by Gasteiger charge is -2.02. The Labute approximate surface area is 171 Å². The van der Waals surface area contributed by atoms with Crippen LogP contribution in [-0.4, -0.2) is 20.3 Å². The lowest BCUT2D eigenvalue weighted by Crippen LogP contribution is -1.92. The number of hydrogen-bond donors (Lipinski definition) is 0. The van der Waals surface area contributed by atoms with Crippen LogP contribution in [0.2, 0.25) is 0 Å². The molecule has 28 heavy (non-hydrogen) atoms. The van der Waals surface area contributed by atoms with E-state index in [2.05, 4.69) is 36.3 Å². The molecular formula is C19H11BrF2N4OS. The first-order valence-electron chi connectivity index (χ1n) is 8.09. The first-order chi connectivity index (χ1) is 13.6. The fourth-order valence-electron chi connectivity index (χ4n) is 2.41. The summed E-state index contributed by atoms with van der Waals surface area (Å²) in [6.07, 6.45) is 0. The number of hydrogen-bond acceptors (Lipinski definition) is 6. The molecule has 0 spiro atoms. The lowest BCUT2D eigenvalue weighted by atomic mass is 10.1. The maximum Gasteiger partial charge on any atom is 0.237 e. The molecule has 0 fully saturated rings. The minimum Gasteiger partial charge on any atom is -0.338 e. The highest BCUT2D eigenvalue weighted by Gasteiger charge is 2.12. The number of aromatic nitrogens is 4. The van der Waals surface area contributed by atoms with Crippen LogP contribution in [-0.2, 0) is 5.75 Å². The fourth-order valence-corrected chi connectivity index (χ4v) is 3.44.